The van der Waals surface area contributed by atoms with Gasteiger partial charge in [-0.2, -0.15) is 27.6 Å². The molecule has 0 aliphatic carbocycles. The summed E-state index contributed by atoms with van der Waals surface area (Å²) in [4.78, 5) is 10.7. The number of likely N-dealkylation sites (N-methyl/N-ethyl adjacent to an activating group) is 1. The van der Waals surface area contributed by atoms with Gasteiger partial charge in [0, 0.05) is 44.5 Å². The van der Waals surface area contributed by atoms with Crippen LogP contribution in [0.25, 0.3) is 22.3 Å². The Morgan fingerprint density at radius 2 is 1.67 bits per heavy atom. The van der Waals surface area contributed by atoms with Crippen LogP contribution in [0.4, 0.5) is 27.9 Å². The highest BCUT2D eigenvalue weighted by Crippen LogP contribution is 2.42. The molecule has 48 heavy (non-hydrogen) atoms. The molecule has 252 valence electrons. The molecule has 0 bridgehead atoms. The van der Waals surface area contributed by atoms with Gasteiger partial charge in [0.05, 0.1) is 17.2 Å². The second-order valence-corrected chi connectivity index (χ2v) is 13.6. The van der Waals surface area contributed by atoms with Crippen molar-refractivity contribution in [3.05, 3.63) is 101 Å². The van der Waals surface area contributed by atoms with Crippen LogP contribution in [-0.4, -0.2) is 58.4 Å². The van der Waals surface area contributed by atoms with Gasteiger partial charge in [0.15, 0.2) is 23.0 Å². The van der Waals surface area contributed by atoms with Crippen LogP contribution in [0.15, 0.2) is 72.9 Å². The van der Waals surface area contributed by atoms with Gasteiger partial charge < -0.3 is 9.64 Å². The minimum atomic E-state index is -5.16. The van der Waals surface area contributed by atoms with Crippen molar-refractivity contribution in [2.45, 2.75) is 37.7 Å². The van der Waals surface area contributed by atoms with E-state index in [2.05, 4.69) is 15.1 Å². The Labute approximate surface area is 273 Å². The van der Waals surface area contributed by atoms with Crippen molar-refractivity contribution in [3.63, 3.8) is 0 Å². The monoisotopic (exact) mass is 686 g/mol. The Bertz CT molecular complexity index is 2060. The Hall–Kier alpha value is -4.63. The number of hydrogen-bond donors (Lipinski definition) is 0. The first-order chi connectivity index (χ1) is 22.7. The van der Waals surface area contributed by atoms with Crippen molar-refractivity contribution in [3.8, 4) is 17.0 Å². The van der Waals surface area contributed by atoms with Gasteiger partial charge in [0.1, 0.15) is 12.3 Å². The minimum absolute atomic E-state index is 0.118. The molecule has 0 unspecified atom stereocenters. The van der Waals surface area contributed by atoms with Gasteiger partial charge >= 0.3 is 6.18 Å². The Balaban J connectivity index is 1.34. The van der Waals surface area contributed by atoms with Gasteiger partial charge in [-0.05, 0) is 30.0 Å². The number of aromatic nitrogens is 4. The van der Waals surface area contributed by atoms with Crippen LogP contribution in [-0.2, 0) is 29.9 Å². The molecule has 1 aliphatic heterocycles. The molecule has 0 amide bonds. The summed E-state index contributed by atoms with van der Waals surface area (Å²) in [6, 6.07) is 17.3. The summed E-state index contributed by atoms with van der Waals surface area (Å²) in [6.45, 7) is -0.207. The molecule has 3 aromatic carbocycles. The number of sulfonamides is 1. The summed E-state index contributed by atoms with van der Waals surface area (Å²) < 4.78 is 107. The van der Waals surface area contributed by atoms with Crippen molar-refractivity contribution in [2.75, 3.05) is 24.7 Å². The lowest BCUT2D eigenvalue weighted by Gasteiger charge is -2.41. The van der Waals surface area contributed by atoms with E-state index >= 15 is 8.78 Å². The predicted octanol–water partition coefficient (Wildman–Crippen LogP) is 6.51. The van der Waals surface area contributed by atoms with E-state index in [4.69, 9.17) is 4.74 Å². The van der Waals surface area contributed by atoms with Crippen LogP contribution in [0.5, 0.6) is 5.75 Å². The fourth-order valence-corrected chi connectivity index (χ4v) is 7.15. The first kappa shape index (κ1) is 33.3. The lowest BCUT2D eigenvalue weighted by molar-refractivity contribution is -0.140. The number of halogens is 5. The highest BCUT2D eigenvalue weighted by molar-refractivity contribution is 7.88. The Kier molecular flexibility index (Phi) is 8.85. The molecule has 15 heteroatoms. The number of ether oxygens (including phenoxy) is 1. The normalized spacial score (nSPS) is 17.5. The predicted molar refractivity (Wildman–Crippen MR) is 170 cm³/mol. The third-order valence-electron chi connectivity index (χ3n) is 8.50. The molecule has 0 radical (unpaired) electrons. The van der Waals surface area contributed by atoms with Crippen LogP contribution in [0.1, 0.15) is 35.6 Å². The fraction of sp³-hybridized carbons (Fsp3) is 0.303. The van der Waals surface area contributed by atoms with Crippen molar-refractivity contribution in [1.29, 1.82) is 0 Å². The number of hydrogen-bond acceptors (Lipinski definition) is 7. The highest BCUT2D eigenvalue weighted by atomic mass is 32.2. The SMILES string of the molecule is CN(c1ncc2c(-c3cc(C(F)(F)F)c(F)c(OCc4ccccc4)c3F)nn(C)c2n1)[C@H]1CC[C@H](c2ccccc2)N(S(C)(=O)=O)C1. The van der Waals surface area contributed by atoms with E-state index in [1.165, 1.54) is 28.5 Å². The van der Waals surface area contributed by atoms with Crippen LogP contribution in [0.3, 0.4) is 0 Å². The van der Waals surface area contributed by atoms with Crippen molar-refractivity contribution >= 4 is 27.0 Å². The van der Waals surface area contributed by atoms with Crippen LogP contribution >= 0.6 is 0 Å². The molecule has 1 fully saturated rings. The molecule has 0 saturated carbocycles. The maximum atomic E-state index is 15.9. The minimum Gasteiger partial charge on any atom is -0.483 e. The molecule has 3 heterocycles. The zero-order chi connectivity index (χ0) is 34.4. The molecule has 2 atom stereocenters. The molecule has 9 nitrogen and oxygen atoms in total. The van der Waals surface area contributed by atoms with Crippen molar-refractivity contribution in [2.24, 2.45) is 7.05 Å². The molecular weight excluding hydrogens is 655 g/mol. The molecule has 2 aromatic heterocycles. The van der Waals surface area contributed by atoms with Gasteiger partial charge in [0.25, 0.3) is 0 Å². The summed E-state index contributed by atoms with van der Waals surface area (Å²) in [7, 11) is -0.382. The third kappa shape index (κ3) is 6.43. The van der Waals surface area contributed by atoms with E-state index in [9.17, 15) is 21.6 Å². The molecule has 5 aromatic rings. The number of fused-ring (bicyclic) bond motifs is 1. The van der Waals surface area contributed by atoms with Gasteiger partial charge in [-0.25, -0.2) is 26.9 Å². The second kappa shape index (κ2) is 12.8. The van der Waals surface area contributed by atoms with E-state index in [0.29, 0.717) is 24.5 Å². The lowest BCUT2D eigenvalue weighted by Crippen LogP contribution is -2.50. The topological polar surface area (TPSA) is 93.4 Å². The zero-order valence-electron chi connectivity index (χ0n) is 26.1. The summed E-state index contributed by atoms with van der Waals surface area (Å²) in [5, 5.41) is 4.38. The number of nitrogens with zero attached hydrogens (tertiary/aromatic N) is 6. The number of aryl methyl sites for hydroxylation is 1. The van der Waals surface area contributed by atoms with E-state index in [1.54, 1.807) is 42.3 Å². The van der Waals surface area contributed by atoms with Crippen LogP contribution < -0.4 is 9.64 Å². The lowest BCUT2D eigenvalue weighted by atomic mass is 9.94. The third-order valence-corrected chi connectivity index (χ3v) is 9.76. The van der Waals surface area contributed by atoms with E-state index in [-0.39, 0.29) is 47.9 Å². The largest absolute Gasteiger partial charge is 0.483 e. The van der Waals surface area contributed by atoms with Crippen molar-refractivity contribution in [1.82, 2.24) is 24.1 Å². The molecule has 1 aliphatic rings. The zero-order valence-corrected chi connectivity index (χ0v) is 26.9. The van der Waals surface area contributed by atoms with Gasteiger partial charge in [0.2, 0.25) is 16.0 Å². The average Bonchev–Trinajstić information content (AvgIpc) is 3.39. The first-order valence-electron chi connectivity index (χ1n) is 14.9. The number of benzene rings is 3. The standard InChI is InChI=1S/C33H31F5N6O3S/c1-42(22-14-15-26(21-12-8-5-9-13-21)44(18-22)48(3,45)46)32-39-17-24-29(41-43(2)31(24)40-32)23-16-25(33(36,37)38)28(35)30(27(23)34)47-19-20-10-6-4-7-11-20/h4-13,16-17,22,26H,14-15,18-19H2,1-3H3/t22-,26+/m0/s1. The molecular formula is C33H31F5N6O3S. The average molecular weight is 687 g/mol. The number of alkyl halides is 3. The summed E-state index contributed by atoms with van der Waals surface area (Å²) in [6.07, 6.45) is -1.52. The Morgan fingerprint density at radius 3 is 2.31 bits per heavy atom. The number of anilines is 1. The van der Waals surface area contributed by atoms with Gasteiger partial charge in [-0.15, -0.1) is 0 Å². The summed E-state index contributed by atoms with van der Waals surface area (Å²) >= 11 is 0. The van der Waals surface area contributed by atoms with Crippen LogP contribution in [0, 0.1) is 11.6 Å². The molecule has 1 saturated heterocycles. The smallest absolute Gasteiger partial charge is 0.419 e. The number of rotatable bonds is 8. The maximum Gasteiger partial charge on any atom is 0.419 e. The Morgan fingerprint density at radius 1 is 1.00 bits per heavy atom. The van der Waals surface area contributed by atoms with E-state index < -0.39 is 44.7 Å². The molecule has 0 spiro atoms. The van der Waals surface area contributed by atoms with Crippen LogP contribution in [0.2, 0.25) is 0 Å². The van der Waals surface area contributed by atoms with E-state index in [1.807, 2.05) is 30.3 Å². The first-order valence-corrected chi connectivity index (χ1v) is 16.8. The maximum absolute atomic E-state index is 15.9. The molecule has 6 rings (SSSR count). The number of piperidine rings is 1. The quantitative estimate of drug-likeness (QED) is 0.172. The summed E-state index contributed by atoms with van der Waals surface area (Å²) in [5.41, 5.74) is -1.02. The molecule has 0 N–H and O–H groups in total. The van der Waals surface area contributed by atoms with E-state index in [0.717, 1.165) is 5.56 Å². The summed E-state index contributed by atoms with van der Waals surface area (Å²) in [5.74, 6) is -4.20. The van der Waals surface area contributed by atoms with Gasteiger partial charge in [-0.1, -0.05) is 60.7 Å². The van der Waals surface area contributed by atoms with Gasteiger partial charge in [-0.3, -0.25) is 0 Å². The highest BCUT2D eigenvalue weighted by Gasteiger charge is 2.39. The second-order valence-electron chi connectivity index (χ2n) is 11.7. The fourth-order valence-electron chi connectivity index (χ4n) is 6.02. The van der Waals surface area contributed by atoms with Crippen molar-refractivity contribution < 1.29 is 35.1 Å².